The fourth-order valence-corrected chi connectivity index (χ4v) is 7.44. The van der Waals surface area contributed by atoms with Crippen LogP contribution < -0.4 is 47.9 Å². The molecule has 344 valence electrons. The summed E-state index contributed by atoms with van der Waals surface area (Å²) in [6.45, 7) is 7.83. The first-order chi connectivity index (χ1) is 31.2. The maximum absolute atomic E-state index is 14.7. The molecule has 0 fully saturated rings. The van der Waals surface area contributed by atoms with E-state index < -0.39 is 53.7 Å². The van der Waals surface area contributed by atoms with Gasteiger partial charge in [0.15, 0.2) is 0 Å². The van der Waals surface area contributed by atoms with Gasteiger partial charge in [-0.2, -0.15) is 5.26 Å². The molecule has 4 atom stereocenters. The summed E-state index contributed by atoms with van der Waals surface area (Å²) < 4.78 is 12.2. The molecule has 1 aliphatic heterocycles. The Morgan fingerprint density at radius 1 is 0.892 bits per heavy atom. The van der Waals surface area contributed by atoms with Crippen LogP contribution in [0.25, 0.3) is 22.3 Å². The summed E-state index contributed by atoms with van der Waals surface area (Å²) in [5.74, 6) is -1.28. The van der Waals surface area contributed by atoms with Gasteiger partial charge in [-0.25, -0.2) is 9.97 Å². The van der Waals surface area contributed by atoms with Gasteiger partial charge in [0.25, 0.3) is 5.91 Å². The molecule has 5 amide bonds. The van der Waals surface area contributed by atoms with Gasteiger partial charge in [0.1, 0.15) is 61.2 Å². The molecule has 0 saturated heterocycles. The number of fused-ring (bicyclic) bond motifs is 5. The number of nitrogens with zero attached hydrogens (tertiary/aromatic N) is 4. The number of nitriles is 1. The van der Waals surface area contributed by atoms with Crippen molar-refractivity contribution < 1.29 is 33.4 Å². The van der Waals surface area contributed by atoms with E-state index in [4.69, 9.17) is 31.9 Å². The van der Waals surface area contributed by atoms with Crippen LogP contribution in [0, 0.1) is 24.2 Å². The largest absolute Gasteiger partial charge is 0.492 e. The molecule has 1 aliphatic rings. The van der Waals surface area contributed by atoms with Gasteiger partial charge < -0.3 is 52.8 Å². The van der Waals surface area contributed by atoms with Crippen molar-refractivity contribution in [1.82, 2.24) is 36.1 Å². The molecule has 65 heavy (non-hydrogen) atoms. The van der Waals surface area contributed by atoms with Crippen LogP contribution >= 0.6 is 0 Å². The van der Waals surface area contributed by atoms with E-state index in [2.05, 4.69) is 45.1 Å². The molecule has 4 aromatic rings. The Kier molecular flexibility index (Phi) is 17.5. The predicted molar refractivity (Wildman–Crippen MR) is 244 cm³/mol. The van der Waals surface area contributed by atoms with Crippen LogP contribution in [0.3, 0.4) is 0 Å². The zero-order valence-corrected chi connectivity index (χ0v) is 37.5. The summed E-state index contributed by atoms with van der Waals surface area (Å²) in [7, 11) is 1.43. The first-order valence-electron chi connectivity index (χ1n) is 21.6. The van der Waals surface area contributed by atoms with Crippen LogP contribution in [-0.2, 0) is 32.0 Å². The van der Waals surface area contributed by atoms with Crippen molar-refractivity contribution in [2.45, 2.75) is 71.1 Å². The van der Waals surface area contributed by atoms with Gasteiger partial charge in [-0.05, 0) is 85.3 Å². The summed E-state index contributed by atoms with van der Waals surface area (Å²) in [6, 6.07) is 12.4. The number of amides is 5. The maximum atomic E-state index is 14.7. The molecule has 0 spiro atoms. The van der Waals surface area contributed by atoms with Gasteiger partial charge in [-0.1, -0.05) is 38.1 Å². The first-order valence-corrected chi connectivity index (χ1v) is 21.6. The SMILES string of the molecule is Cc1cc(-c2cnc(CC(C)C)nc2)ccc1C(=O)N[C@@H](CCN)C(=O)N(C)[C@@H]1C(=O)N[C@@H](C)C(=O)N[C@H](C(=O)NCC#N)Cc2ccc(OCCN)c(c2)-c2cc1ccc2OCCN. The molecule has 4 bridgehead atoms. The van der Waals surface area contributed by atoms with Gasteiger partial charge in [-0.15, -0.1) is 0 Å². The van der Waals surface area contributed by atoms with Crippen LogP contribution in [-0.4, -0.2) is 109 Å². The second-order valence-electron chi connectivity index (χ2n) is 16.2. The van der Waals surface area contributed by atoms with Crippen molar-refractivity contribution in [3.63, 3.8) is 0 Å². The number of rotatable bonds is 17. The molecule has 5 rings (SSSR count). The Hall–Kier alpha value is -6.94. The molecule has 2 heterocycles. The molecular formula is C47H59N11O7. The van der Waals surface area contributed by atoms with E-state index in [0.717, 1.165) is 23.4 Å². The Bertz CT molecular complexity index is 2390. The molecular weight excluding hydrogens is 831 g/mol. The van der Waals surface area contributed by atoms with Crippen molar-refractivity contribution in [2.24, 2.45) is 23.1 Å². The summed E-state index contributed by atoms with van der Waals surface area (Å²) >= 11 is 0. The molecule has 0 radical (unpaired) electrons. The van der Waals surface area contributed by atoms with Gasteiger partial charge in [-0.3, -0.25) is 24.0 Å². The number of ether oxygens (including phenoxy) is 2. The lowest BCUT2D eigenvalue weighted by Crippen LogP contribution is -2.56. The highest BCUT2D eigenvalue weighted by Crippen LogP contribution is 2.40. The minimum absolute atomic E-state index is 0.00557. The predicted octanol–water partition coefficient (Wildman–Crippen LogP) is 1.82. The summed E-state index contributed by atoms with van der Waals surface area (Å²) in [6.07, 6.45) is 4.29. The number of nitrogens with two attached hydrogens (primary N) is 3. The number of carbonyl (C=O) groups excluding carboxylic acids is 5. The van der Waals surface area contributed by atoms with Crippen molar-refractivity contribution in [3.05, 3.63) is 95.1 Å². The Morgan fingerprint density at radius 3 is 2.17 bits per heavy atom. The van der Waals surface area contributed by atoms with E-state index >= 15 is 0 Å². The third-order valence-electron chi connectivity index (χ3n) is 10.7. The quantitative estimate of drug-likeness (QED) is 0.0747. The molecule has 3 aromatic carbocycles. The van der Waals surface area contributed by atoms with Crippen LogP contribution in [0.5, 0.6) is 11.5 Å². The average Bonchev–Trinajstić information content (AvgIpc) is 3.28. The summed E-state index contributed by atoms with van der Waals surface area (Å²) in [4.78, 5) is 80.4. The van der Waals surface area contributed by atoms with Crippen molar-refractivity contribution in [1.29, 1.82) is 5.26 Å². The van der Waals surface area contributed by atoms with E-state index in [1.165, 1.54) is 18.9 Å². The van der Waals surface area contributed by atoms with Crippen molar-refractivity contribution in [3.8, 4) is 39.8 Å². The van der Waals surface area contributed by atoms with Crippen LogP contribution in [0.15, 0.2) is 67.0 Å². The number of carbonyl (C=O) groups is 5. The summed E-state index contributed by atoms with van der Waals surface area (Å²) in [5.41, 5.74) is 22.1. The van der Waals surface area contributed by atoms with Gasteiger partial charge >= 0.3 is 0 Å². The molecule has 0 saturated carbocycles. The lowest BCUT2D eigenvalue weighted by atomic mass is 9.93. The average molecular weight is 890 g/mol. The second kappa shape index (κ2) is 23.1. The highest BCUT2D eigenvalue weighted by molar-refractivity contribution is 6.00. The highest BCUT2D eigenvalue weighted by atomic mass is 16.5. The lowest BCUT2D eigenvalue weighted by Gasteiger charge is -2.32. The third kappa shape index (κ3) is 12.6. The number of aromatic nitrogens is 2. The fourth-order valence-electron chi connectivity index (χ4n) is 7.44. The van der Waals surface area contributed by atoms with Gasteiger partial charge in [0, 0.05) is 67.6 Å². The topological polar surface area (TPSA) is 283 Å². The highest BCUT2D eigenvalue weighted by Gasteiger charge is 2.36. The smallest absolute Gasteiger partial charge is 0.252 e. The number of nitrogens with one attached hydrogen (secondary N) is 4. The van der Waals surface area contributed by atoms with E-state index in [0.29, 0.717) is 50.8 Å². The zero-order chi connectivity index (χ0) is 47.2. The minimum atomic E-state index is -1.39. The third-order valence-corrected chi connectivity index (χ3v) is 10.7. The lowest BCUT2D eigenvalue weighted by molar-refractivity contribution is -0.141. The minimum Gasteiger partial charge on any atom is -0.492 e. The zero-order valence-electron chi connectivity index (χ0n) is 37.5. The number of likely N-dealkylation sites (N-methyl/N-ethyl adjacent to an activating group) is 1. The van der Waals surface area contributed by atoms with Crippen LogP contribution in [0.1, 0.15) is 66.1 Å². The molecule has 10 N–H and O–H groups in total. The molecule has 18 nitrogen and oxygen atoms in total. The van der Waals surface area contributed by atoms with Crippen LogP contribution in [0.2, 0.25) is 0 Å². The second-order valence-corrected chi connectivity index (χ2v) is 16.2. The van der Waals surface area contributed by atoms with E-state index in [1.54, 1.807) is 67.8 Å². The maximum Gasteiger partial charge on any atom is 0.252 e. The van der Waals surface area contributed by atoms with E-state index in [-0.39, 0.29) is 52.2 Å². The van der Waals surface area contributed by atoms with Crippen LogP contribution in [0.4, 0.5) is 0 Å². The molecule has 0 unspecified atom stereocenters. The monoisotopic (exact) mass is 889 g/mol. The fraction of sp³-hybridized carbons (Fsp3) is 0.404. The number of benzene rings is 3. The summed E-state index contributed by atoms with van der Waals surface area (Å²) in [5, 5.41) is 19.9. The van der Waals surface area contributed by atoms with Gasteiger partial charge in [0.05, 0.1) is 6.07 Å². The standard InChI is InChI=1S/C47H59N11O7/c1-27(2)20-41-53-25-33(26-54-41)31-7-9-34(28(3)21-31)44(60)56-37(12-13-48)47(63)58(5)42-32-8-11-40(65-19-16-51)36(24-32)35-22-30(6-10-39(35)64-18-15-50)23-38(45(61)52-17-14-49)57-43(59)29(4)55-46(42)62/h6-11,21-22,24-27,29,37-38,42H,12-13,15-20,23,48,50-51H2,1-5H3,(H,52,61)(H,55,62)(H,56,60)(H,57,59)/t29-,37-,38-,42-/m0/s1. The first kappa shape index (κ1) is 49.1. The Labute approximate surface area is 379 Å². The number of aryl methyl sites for hydroxylation is 1. The van der Waals surface area contributed by atoms with E-state index in [9.17, 15) is 24.0 Å². The molecule has 0 aliphatic carbocycles. The molecule has 1 aromatic heterocycles. The van der Waals surface area contributed by atoms with E-state index in [1.807, 2.05) is 12.1 Å². The Balaban J connectivity index is 1.55. The normalized spacial score (nSPS) is 16.5. The number of hydrogen-bond acceptors (Lipinski definition) is 13. The molecule has 18 heteroatoms. The van der Waals surface area contributed by atoms with Crippen molar-refractivity contribution in [2.75, 3.05) is 46.4 Å². The van der Waals surface area contributed by atoms with Gasteiger partial charge in [0.2, 0.25) is 23.6 Å². The Morgan fingerprint density at radius 2 is 1.55 bits per heavy atom. The number of hydrogen-bond donors (Lipinski definition) is 7. The van der Waals surface area contributed by atoms with Crippen molar-refractivity contribution >= 4 is 29.5 Å².